The Hall–Kier alpha value is -3.93. The molecule has 46 heavy (non-hydrogen) atoms. The SMILES string of the molecule is CC(C)c1ccc2c(c1)CC[C@H]1[C@@](C)(Cc3c(C(=O)O)ccc4[nH]c(-c5cccc(CC(=O)OC(C)(C)C)c5)nc34)CCC[C@]21C. The van der Waals surface area contributed by atoms with E-state index in [1.54, 1.807) is 6.07 Å². The van der Waals surface area contributed by atoms with Gasteiger partial charge >= 0.3 is 11.9 Å². The van der Waals surface area contributed by atoms with Crippen LogP contribution < -0.4 is 0 Å². The van der Waals surface area contributed by atoms with Gasteiger partial charge in [-0.2, -0.15) is 0 Å². The van der Waals surface area contributed by atoms with E-state index >= 15 is 0 Å². The number of nitrogens with one attached hydrogen (secondary N) is 1. The summed E-state index contributed by atoms with van der Waals surface area (Å²) < 4.78 is 5.53. The number of nitrogens with zero attached hydrogens (tertiary/aromatic N) is 1. The van der Waals surface area contributed by atoms with E-state index in [0.29, 0.717) is 29.6 Å². The zero-order valence-electron chi connectivity index (χ0n) is 28.4. The largest absolute Gasteiger partial charge is 0.478 e. The summed E-state index contributed by atoms with van der Waals surface area (Å²) in [6, 6.07) is 18.5. The summed E-state index contributed by atoms with van der Waals surface area (Å²) >= 11 is 0. The van der Waals surface area contributed by atoms with Gasteiger partial charge in [0.1, 0.15) is 11.4 Å². The standard InChI is InChI=1S/C40H48N2O4/c1-24(2)26-12-15-31-27(22-26)13-17-33-39(6,18-9-19-40(31,33)7)23-30-29(37(44)45)14-16-32-35(30)42-36(41-32)28-11-8-10-25(20-28)21-34(43)46-38(3,4)5/h8,10-12,14-16,20,22,24,33H,9,13,17-19,21,23H2,1-7H3,(H,41,42)(H,44,45)/t33-,39+,40+/m0/s1. The fraction of sp³-hybridized carbons (Fsp3) is 0.475. The van der Waals surface area contributed by atoms with Gasteiger partial charge in [0.2, 0.25) is 0 Å². The Morgan fingerprint density at radius 1 is 1.07 bits per heavy atom. The van der Waals surface area contributed by atoms with Crippen LogP contribution in [-0.2, 0) is 34.2 Å². The third-order valence-electron chi connectivity index (χ3n) is 10.7. The third-order valence-corrected chi connectivity index (χ3v) is 10.7. The molecule has 0 spiro atoms. The lowest BCUT2D eigenvalue weighted by Gasteiger charge is -2.56. The summed E-state index contributed by atoms with van der Waals surface area (Å²) in [5.74, 6) is 0.412. The minimum absolute atomic E-state index is 0.0543. The van der Waals surface area contributed by atoms with E-state index in [0.717, 1.165) is 59.8 Å². The van der Waals surface area contributed by atoms with Crippen molar-refractivity contribution in [3.05, 3.63) is 88.0 Å². The molecule has 0 saturated heterocycles. The quantitative estimate of drug-likeness (QED) is 0.201. The highest BCUT2D eigenvalue weighted by molar-refractivity contribution is 5.96. The number of imidazole rings is 1. The number of aromatic nitrogens is 2. The number of carboxylic acids is 1. The molecule has 2 aliphatic carbocycles. The van der Waals surface area contributed by atoms with Crippen molar-refractivity contribution in [3.8, 4) is 11.4 Å². The van der Waals surface area contributed by atoms with Crippen LogP contribution in [0.3, 0.4) is 0 Å². The van der Waals surface area contributed by atoms with Crippen LogP contribution in [0.15, 0.2) is 54.6 Å². The van der Waals surface area contributed by atoms with Crippen LogP contribution in [-0.4, -0.2) is 32.6 Å². The first kappa shape index (κ1) is 32.0. The molecule has 2 aliphatic rings. The van der Waals surface area contributed by atoms with E-state index < -0.39 is 11.6 Å². The first-order chi connectivity index (χ1) is 21.7. The minimum Gasteiger partial charge on any atom is -0.478 e. The molecule has 6 heteroatoms. The average molecular weight is 621 g/mol. The Labute approximate surface area is 273 Å². The molecule has 4 aromatic rings. The molecule has 0 aliphatic heterocycles. The van der Waals surface area contributed by atoms with Crippen LogP contribution in [0, 0.1) is 11.3 Å². The number of aromatic carboxylic acids is 1. The molecular weight excluding hydrogens is 572 g/mol. The molecule has 0 bridgehead atoms. The lowest BCUT2D eigenvalue weighted by atomic mass is 9.48. The van der Waals surface area contributed by atoms with E-state index in [2.05, 4.69) is 50.9 Å². The summed E-state index contributed by atoms with van der Waals surface area (Å²) in [6.07, 6.45) is 6.33. The second kappa shape index (κ2) is 11.7. The van der Waals surface area contributed by atoms with Crippen molar-refractivity contribution in [3.63, 3.8) is 0 Å². The van der Waals surface area contributed by atoms with Crippen molar-refractivity contribution in [2.24, 2.45) is 11.3 Å². The topological polar surface area (TPSA) is 92.3 Å². The molecular formula is C40H48N2O4. The number of carboxylic acid groups (broad SMARTS) is 1. The Morgan fingerprint density at radius 2 is 1.85 bits per heavy atom. The Bertz CT molecular complexity index is 1810. The fourth-order valence-electron chi connectivity index (χ4n) is 8.64. The van der Waals surface area contributed by atoms with Gasteiger partial charge in [0.25, 0.3) is 0 Å². The zero-order chi connectivity index (χ0) is 33.0. The summed E-state index contributed by atoms with van der Waals surface area (Å²) in [5, 5.41) is 10.4. The number of hydrogen-bond acceptors (Lipinski definition) is 4. The number of fused-ring (bicyclic) bond motifs is 4. The molecule has 6 nitrogen and oxygen atoms in total. The Morgan fingerprint density at radius 3 is 2.57 bits per heavy atom. The van der Waals surface area contributed by atoms with Gasteiger partial charge in [0, 0.05) is 5.56 Å². The predicted molar refractivity (Wildman–Crippen MR) is 183 cm³/mol. The van der Waals surface area contributed by atoms with Crippen molar-refractivity contribution >= 4 is 23.0 Å². The van der Waals surface area contributed by atoms with Gasteiger partial charge in [-0.15, -0.1) is 0 Å². The number of esters is 1. The third kappa shape index (κ3) is 5.99. The lowest BCUT2D eigenvalue weighted by molar-refractivity contribution is -0.153. The number of rotatable bonds is 7. The van der Waals surface area contributed by atoms with Crippen LogP contribution in [0.25, 0.3) is 22.4 Å². The molecule has 0 amide bonds. The molecule has 0 unspecified atom stereocenters. The molecule has 1 saturated carbocycles. The molecule has 1 heterocycles. The van der Waals surface area contributed by atoms with E-state index in [1.807, 2.05) is 51.1 Å². The molecule has 242 valence electrons. The van der Waals surface area contributed by atoms with E-state index in [-0.39, 0.29) is 23.2 Å². The summed E-state index contributed by atoms with van der Waals surface area (Å²) in [6.45, 7) is 15.0. The highest BCUT2D eigenvalue weighted by atomic mass is 16.6. The minimum atomic E-state index is -0.918. The number of carbonyl (C=O) groups is 2. The highest BCUT2D eigenvalue weighted by Crippen LogP contribution is 2.58. The second-order valence-electron chi connectivity index (χ2n) is 15.6. The maximum atomic E-state index is 12.6. The van der Waals surface area contributed by atoms with Gasteiger partial charge in [-0.3, -0.25) is 4.79 Å². The normalized spacial score (nSPS) is 22.8. The van der Waals surface area contributed by atoms with Crippen molar-refractivity contribution in [2.45, 2.75) is 110 Å². The van der Waals surface area contributed by atoms with Crippen molar-refractivity contribution in [2.75, 3.05) is 0 Å². The van der Waals surface area contributed by atoms with Crippen molar-refractivity contribution in [1.29, 1.82) is 0 Å². The van der Waals surface area contributed by atoms with Gasteiger partial charge in [-0.05, 0) is 122 Å². The van der Waals surface area contributed by atoms with Crippen molar-refractivity contribution < 1.29 is 19.4 Å². The van der Waals surface area contributed by atoms with E-state index in [4.69, 9.17) is 9.72 Å². The zero-order valence-corrected chi connectivity index (χ0v) is 28.4. The molecule has 3 aromatic carbocycles. The number of carbonyl (C=O) groups excluding carboxylic acids is 1. The maximum absolute atomic E-state index is 12.6. The van der Waals surface area contributed by atoms with Crippen molar-refractivity contribution in [1.82, 2.24) is 9.97 Å². The van der Waals surface area contributed by atoms with Crippen LogP contribution in [0.5, 0.6) is 0 Å². The number of H-pyrrole nitrogens is 1. The van der Waals surface area contributed by atoms with Crippen LogP contribution >= 0.6 is 0 Å². The van der Waals surface area contributed by atoms with Crippen LogP contribution in [0.1, 0.15) is 118 Å². The molecule has 0 radical (unpaired) electrons. The van der Waals surface area contributed by atoms with Gasteiger partial charge in [0.05, 0.1) is 23.0 Å². The average Bonchev–Trinajstić information content (AvgIpc) is 3.41. The first-order valence-electron chi connectivity index (χ1n) is 16.9. The maximum Gasteiger partial charge on any atom is 0.336 e. The first-order valence-corrected chi connectivity index (χ1v) is 16.9. The van der Waals surface area contributed by atoms with E-state index in [9.17, 15) is 14.7 Å². The molecule has 2 N–H and O–H groups in total. The molecule has 1 aromatic heterocycles. The number of ether oxygens (including phenoxy) is 1. The summed E-state index contributed by atoms with van der Waals surface area (Å²) in [5.41, 5.74) is 8.19. The highest BCUT2D eigenvalue weighted by Gasteiger charge is 2.52. The molecule has 1 fully saturated rings. The molecule has 3 atom stereocenters. The van der Waals surface area contributed by atoms with Gasteiger partial charge in [-0.1, -0.05) is 70.5 Å². The smallest absolute Gasteiger partial charge is 0.336 e. The van der Waals surface area contributed by atoms with Crippen LogP contribution in [0.4, 0.5) is 0 Å². The number of hydrogen-bond donors (Lipinski definition) is 2. The Balaban J connectivity index is 1.36. The lowest BCUT2D eigenvalue weighted by Crippen LogP contribution is -2.50. The van der Waals surface area contributed by atoms with Gasteiger partial charge in [0.15, 0.2) is 0 Å². The van der Waals surface area contributed by atoms with Gasteiger partial charge < -0.3 is 14.8 Å². The van der Waals surface area contributed by atoms with E-state index in [1.165, 1.54) is 16.7 Å². The monoisotopic (exact) mass is 620 g/mol. The Kier molecular flexibility index (Phi) is 8.15. The summed E-state index contributed by atoms with van der Waals surface area (Å²) in [7, 11) is 0. The predicted octanol–water partition coefficient (Wildman–Crippen LogP) is 9.19. The number of benzene rings is 3. The molecule has 6 rings (SSSR count). The summed E-state index contributed by atoms with van der Waals surface area (Å²) in [4.78, 5) is 33.7. The second-order valence-corrected chi connectivity index (χ2v) is 15.6. The van der Waals surface area contributed by atoms with Crippen LogP contribution in [0.2, 0.25) is 0 Å². The number of aryl methyl sites for hydroxylation is 1. The van der Waals surface area contributed by atoms with Gasteiger partial charge in [-0.25, -0.2) is 9.78 Å². The fourth-order valence-corrected chi connectivity index (χ4v) is 8.64. The number of aromatic amines is 1.